The lowest BCUT2D eigenvalue weighted by Gasteiger charge is -2.11. The highest BCUT2D eigenvalue weighted by atomic mass is 32.2. The van der Waals surface area contributed by atoms with Crippen molar-refractivity contribution in [3.05, 3.63) is 0 Å². The highest BCUT2D eigenvalue weighted by Crippen LogP contribution is 2.25. The summed E-state index contributed by atoms with van der Waals surface area (Å²) in [7, 11) is -3.17. The van der Waals surface area contributed by atoms with Gasteiger partial charge in [0.15, 0.2) is 0 Å². The van der Waals surface area contributed by atoms with Gasteiger partial charge in [-0.3, -0.25) is 0 Å². The first-order valence-electron chi connectivity index (χ1n) is 5.15. The van der Waals surface area contributed by atoms with Crippen molar-refractivity contribution in [2.75, 3.05) is 12.3 Å². The van der Waals surface area contributed by atoms with Gasteiger partial charge in [0.25, 0.3) is 0 Å². The van der Waals surface area contributed by atoms with E-state index < -0.39 is 16.1 Å². The maximum atomic E-state index is 11.5. The van der Waals surface area contributed by atoms with E-state index in [1.807, 2.05) is 0 Å². The first-order valence-corrected chi connectivity index (χ1v) is 6.80. The van der Waals surface area contributed by atoms with Gasteiger partial charge in [-0.05, 0) is 25.7 Å². The molecule has 1 fully saturated rings. The molecule has 5 heteroatoms. The smallest absolute Gasteiger partial charge is 0.211 e. The Morgan fingerprint density at radius 1 is 1.43 bits per heavy atom. The molecule has 0 bridgehead atoms. The molecule has 1 atom stereocenters. The molecule has 0 aromatic carbocycles. The summed E-state index contributed by atoms with van der Waals surface area (Å²) in [6.07, 6.45) is 3.73. The van der Waals surface area contributed by atoms with Crippen LogP contribution < -0.4 is 4.72 Å². The molecule has 0 amide bonds. The lowest BCUT2D eigenvalue weighted by molar-refractivity contribution is 0.198. The average Bonchev–Trinajstić information content (AvgIpc) is 2.53. The van der Waals surface area contributed by atoms with E-state index in [0.717, 1.165) is 25.7 Å². The van der Waals surface area contributed by atoms with Crippen molar-refractivity contribution in [1.29, 1.82) is 0 Å². The zero-order valence-electron chi connectivity index (χ0n) is 8.57. The van der Waals surface area contributed by atoms with Crippen molar-refractivity contribution in [3.63, 3.8) is 0 Å². The van der Waals surface area contributed by atoms with Gasteiger partial charge in [0.2, 0.25) is 10.0 Å². The Balaban J connectivity index is 2.33. The average molecular weight is 221 g/mol. The number of rotatable bonds is 5. The first-order chi connectivity index (χ1) is 6.49. The third kappa shape index (κ3) is 4.39. The SMILES string of the molecule is CC(O)CNS(=O)(=O)CC1CCCC1. The quantitative estimate of drug-likeness (QED) is 0.709. The summed E-state index contributed by atoms with van der Waals surface area (Å²) in [5.74, 6) is 0.543. The molecule has 0 aromatic heterocycles. The molecule has 1 aliphatic carbocycles. The second-order valence-electron chi connectivity index (χ2n) is 4.13. The predicted molar refractivity (Wildman–Crippen MR) is 55.4 cm³/mol. The number of hydrogen-bond acceptors (Lipinski definition) is 3. The largest absolute Gasteiger partial charge is 0.392 e. The Labute approximate surface area is 85.8 Å². The van der Waals surface area contributed by atoms with Gasteiger partial charge in [-0.2, -0.15) is 0 Å². The van der Waals surface area contributed by atoms with Gasteiger partial charge in [-0.15, -0.1) is 0 Å². The normalized spacial score (nSPS) is 21.3. The molecule has 0 spiro atoms. The summed E-state index contributed by atoms with van der Waals surface area (Å²) in [6, 6.07) is 0. The van der Waals surface area contributed by atoms with E-state index in [4.69, 9.17) is 5.11 Å². The van der Waals surface area contributed by atoms with E-state index in [0.29, 0.717) is 5.92 Å². The van der Waals surface area contributed by atoms with Crippen molar-refractivity contribution in [2.45, 2.75) is 38.7 Å². The van der Waals surface area contributed by atoms with E-state index in [1.165, 1.54) is 0 Å². The van der Waals surface area contributed by atoms with Gasteiger partial charge in [0.05, 0.1) is 11.9 Å². The minimum Gasteiger partial charge on any atom is -0.392 e. The van der Waals surface area contributed by atoms with Crippen molar-refractivity contribution in [3.8, 4) is 0 Å². The highest BCUT2D eigenvalue weighted by Gasteiger charge is 2.22. The fourth-order valence-electron chi connectivity index (χ4n) is 1.79. The monoisotopic (exact) mass is 221 g/mol. The minimum absolute atomic E-state index is 0.120. The van der Waals surface area contributed by atoms with Gasteiger partial charge < -0.3 is 5.11 Å². The molecule has 1 saturated carbocycles. The summed E-state index contributed by atoms with van der Waals surface area (Å²) >= 11 is 0. The van der Waals surface area contributed by atoms with E-state index in [1.54, 1.807) is 6.92 Å². The fourth-order valence-corrected chi connectivity index (χ4v) is 3.36. The number of aliphatic hydroxyl groups is 1. The number of nitrogens with one attached hydrogen (secondary N) is 1. The number of hydrogen-bond donors (Lipinski definition) is 2. The third-order valence-corrected chi connectivity index (χ3v) is 4.05. The summed E-state index contributed by atoms with van der Waals surface area (Å²) < 4.78 is 25.3. The lowest BCUT2D eigenvalue weighted by Crippen LogP contribution is -2.34. The molecule has 2 N–H and O–H groups in total. The summed E-state index contributed by atoms with van der Waals surface area (Å²) in [4.78, 5) is 0. The van der Waals surface area contributed by atoms with E-state index in [9.17, 15) is 8.42 Å². The Hall–Kier alpha value is -0.130. The lowest BCUT2D eigenvalue weighted by atomic mass is 10.1. The van der Waals surface area contributed by atoms with Gasteiger partial charge in [0.1, 0.15) is 0 Å². The van der Waals surface area contributed by atoms with Crippen LogP contribution in [0.2, 0.25) is 0 Å². The molecular formula is C9H19NO3S. The van der Waals surface area contributed by atoms with Crippen LogP contribution in [0.15, 0.2) is 0 Å². The Morgan fingerprint density at radius 3 is 2.50 bits per heavy atom. The third-order valence-electron chi connectivity index (χ3n) is 2.53. The molecule has 0 saturated heterocycles. The van der Waals surface area contributed by atoms with Crippen molar-refractivity contribution in [1.82, 2.24) is 4.72 Å². The molecule has 0 aliphatic heterocycles. The standard InChI is InChI=1S/C9H19NO3S/c1-8(11)6-10-14(12,13)7-9-4-2-3-5-9/h8-11H,2-7H2,1H3. The molecule has 0 heterocycles. The Bertz CT molecular complexity index is 255. The molecular weight excluding hydrogens is 202 g/mol. The van der Waals surface area contributed by atoms with Crippen LogP contribution in [0.25, 0.3) is 0 Å². The van der Waals surface area contributed by atoms with Crippen LogP contribution in [0.3, 0.4) is 0 Å². The molecule has 14 heavy (non-hydrogen) atoms. The van der Waals surface area contributed by atoms with Crippen LogP contribution in [0.1, 0.15) is 32.6 Å². The molecule has 0 aromatic rings. The first kappa shape index (κ1) is 11.9. The molecule has 0 radical (unpaired) electrons. The molecule has 1 aliphatic rings. The van der Waals surface area contributed by atoms with Crippen LogP contribution in [-0.4, -0.2) is 31.9 Å². The number of aliphatic hydroxyl groups excluding tert-OH is 1. The summed E-state index contributed by atoms with van der Waals surface area (Å²) in [6.45, 7) is 1.69. The van der Waals surface area contributed by atoms with Gasteiger partial charge in [-0.1, -0.05) is 12.8 Å². The van der Waals surface area contributed by atoms with Gasteiger partial charge in [-0.25, -0.2) is 13.1 Å². The molecule has 84 valence electrons. The molecule has 1 rings (SSSR count). The molecule has 4 nitrogen and oxygen atoms in total. The zero-order chi connectivity index (χ0) is 10.6. The van der Waals surface area contributed by atoms with Crippen molar-refractivity contribution in [2.24, 2.45) is 5.92 Å². The zero-order valence-corrected chi connectivity index (χ0v) is 9.39. The van der Waals surface area contributed by atoms with E-state index in [-0.39, 0.29) is 12.3 Å². The van der Waals surface area contributed by atoms with Gasteiger partial charge in [0, 0.05) is 6.54 Å². The van der Waals surface area contributed by atoms with Gasteiger partial charge >= 0.3 is 0 Å². The summed E-state index contributed by atoms with van der Waals surface area (Å²) in [5, 5.41) is 8.95. The van der Waals surface area contributed by atoms with Crippen LogP contribution in [0, 0.1) is 5.92 Å². The fraction of sp³-hybridized carbons (Fsp3) is 1.00. The van der Waals surface area contributed by atoms with Crippen molar-refractivity contribution >= 4 is 10.0 Å². The predicted octanol–water partition coefficient (Wildman–Crippen LogP) is 0.477. The van der Waals surface area contributed by atoms with Crippen LogP contribution in [0.5, 0.6) is 0 Å². The maximum Gasteiger partial charge on any atom is 0.211 e. The number of sulfonamides is 1. The van der Waals surface area contributed by atoms with E-state index in [2.05, 4.69) is 4.72 Å². The maximum absolute atomic E-state index is 11.5. The van der Waals surface area contributed by atoms with Crippen LogP contribution in [0.4, 0.5) is 0 Å². The minimum atomic E-state index is -3.17. The van der Waals surface area contributed by atoms with Crippen molar-refractivity contribution < 1.29 is 13.5 Å². The Kier molecular flexibility index (Phi) is 4.34. The highest BCUT2D eigenvalue weighted by molar-refractivity contribution is 7.89. The second kappa shape index (κ2) is 5.09. The topological polar surface area (TPSA) is 66.4 Å². The summed E-state index contributed by atoms with van der Waals surface area (Å²) in [5.41, 5.74) is 0. The second-order valence-corrected chi connectivity index (χ2v) is 5.98. The van der Waals surface area contributed by atoms with E-state index >= 15 is 0 Å². The Morgan fingerprint density at radius 2 is 2.00 bits per heavy atom. The van der Waals surface area contributed by atoms with Crippen LogP contribution >= 0.6 is 0 Å². The molecule has 1 unspecified atom stereocenters. The van der Waals surface area contributed by atoms with Crippen LogP contribution in [-0.2, 0) is 10.0 Å².